The summed E-state index contributed by atoms with van der Waals surface area (Å²) in [5.41, 5.74) is 1.86. The van der Waals surface area contributed by atoms with Gasteiger partial charge in [0.1, 0.15) is 5.82 Å². The number of sulfonamides is 1. The maximum Gasteiger partial charge on any atom is 0.256 e. The molecule has 0 aliphatic carbocycles. The van der Waals surface area contributed by atoms with Gasteiger partial charge in [-0.25, -0.2) is 17.9 Å². The zero-order chi connectivity index (χ0) is 22.9. The Morgan fingerprint density at radius 2 is 1.84 bits per heavy atom. The van der Waals surface area contributed by atoms with E-state index >= 15 is 0 Å². The fourth-order valence-electron chi connectivity index (χ4n) is 3.22. The van der Waals surface area contributed by atoms with Gasteiger partial charge in [-0.3, -0.25) is 9.59 Å². The van der Waals surface area contributed by atoms with Crippen LogP contribution in [-0.2, 0) is 16.4 Å². The molecule has 2 amide bonds. The number of primary sulfonamides is 1. The lowest BCUT2D eigenvalue weighted by Crippen LogP contribution is -2.26. The van der Waals surface area contributed by atoms with Gasteiger partial charge in [-0.15, -0.1) is 0 Å². The van der Waals surface area contributed by atoms with Gasteiger partial charge < -0.3 is 10.6 Å². The number of amides is 2. The van der Waals surface area contributed by atoms with Crippen LogP contribution in [0.15, 0.2) is 75.4 Å². The number of carbonyl (C=O) groups is 2. The Morgan fingerprint density at radius 3 is 2.56 bits per heavy atom. The van der Waals surface area contributed by atoms with Gasteiger partial charge in [-0.05, 0) is 54.4 Å². The van der Waals surface area contributed by atoms with Crippen molar-refractivity contribution in [2.45, 2.75) is 21.1 Å². The van der Waals surface area contributed by atoms with Crippen molar-refractivity contribution < 1.29 is 22.4 Å². The highest BCUT2D eigenvalue weighted by atomic mass is 32.2. The van der Waals surface area contributed by atoms with Gasteiger partial charge in [0.25, 0.3) is 11.8 Å². The van der Waals surface area contributed by atoms with Gasteiger partial charge in [-0.1, -0.05) is 30.0 Å². The molecule has 0 spiro atoms. The van der Waals surface area contributed by atoms with Crippen molar-refractivity contribution in [2.24, 2.45) is 5.14 Å². The van der Waals surface area contributed by atoms with E-state index in [9.17, 15) is 22.4 Å². The van der Waals surface area contributed by atoms with Crippen LogP contribution in [0.4, 0.5) is 10.1 Å². The first kappa shape index (κ1) is 22.0. The average molecular weight is 472 g/mol. The molecule has 0 atom stereocenters. The number of nitrogens with two attached hydrogens (primary N) is 1. The van der Waals surface area contributed by atoms with Crippen molar-refractivity contribution in [2.75, 3.05) is 11.9 Å². The van der Waals surface area contributed by atoms with Gasteiger partial charge in [0.2, 0.25) is 10.0 Å². The first-order chi connectivity index (χ1) is 15.2. The van der Waals surface area contributed by atoms with E-state index in [-0.39, 0.29) is 21.3 Å². The van der Waals surface area contributed by atoms with Crippen LogP contribution >= 0.6 is 11.8 Å². The molecule has 0 aromatic heterocycles. The minimum atomic E-state index is -3.75. The molecule has 0 bridgehead atoms. The third kappa shape index (κ3) is 4.67. The van der Waals surface area contributed by atoms with Crippen LogP contribution in [0.5, 0.6) is 0 Å². The second-order valence-electron chi connectivity index (χ2n) is 7.08. The van der Waals surface area contributed by atoms with Crippen molar-refractivity contribution in [3.63, 3.8) is 0 Å². The molecule has 1 heterocycles. The maximum atomic E-state index is 14.2. The molecule has 0 radical (unpaired) electrons. The Bertz CT molecular complexity index is 1330. The van der Waals surface area contributed by atoms with E-state index in [0.717, 1.165) is 17.3 Å². The molecule has 0 fully saturated rings. The minimum absolute atomic E-state index is 0.0252. The van der Waals surface area contributed by atoms with Crippen LogP contribution in [0.2, 0.25) is 0 Å². The molecule has 0 saturated heterocycles. The van der Waals surface area contributed by atoms with Crippen molar-refractivity contribution in [3.05, 3.63) is 83.2 Å². The second kappa shape index (κ2) is 8.73. The maximum absolute atomic E-state index is 14.2. The van der Waals surface area contributed by atoms with Crippen LogP contribution in [-0.4, -0.2) is 26.8 Å². The SMILES string of the molecule is NS(=O)(=O)c1ccc(CCNC(=O)c2ccc3c(c2)NC(=O)c2cccc(F)c2S3)cc1. The molecule has 3 aromatic rings. The lowest BCUT2D eigenvalue weighted by atomic mass is 10.1. The molecular formula is C22H18FN3O4S2. The Morgan fingerprint density at radius 1 is 1.09 bits per heavy atom. The molecular weight excluding hydrogens is 453 g/mol. The van der Waals surface area contributed by atoms with Crippen molar-refractivity contribution >= 4 is 39.3 Å². The zero-order valence-electron chi connectivity index (χ0n) is 16.6. The van der Waals surface area contributed by atoms with Crippen LogP contribution in [0.25, 0.3) is 0 Å². The smallest absolute Gasteiger partial charge is 0.256 e. The third-order valence-corrected chi connectivity index (χ3v) is 6.99. The number of anilines is 1. The van der Waals surface area contributed by atoms with Gasteiger partial charge in [0, 0.05) is 17.0 Å². The fraction of sp³-hybridized carbons (Fsp3) is 0.0909. The van der Waals surface area contributed by atoms with E-state index < -0.39 is 21.7 Å². The molecule has 7 nitrogen and oxygen atoms in total. The van der Waals surface area contributed by atoms with Crippen molar-refractivity contribution in [1.82, 2.24) is 5.32 Å². The quantitative estimate of drug-likeness (QED) is 0.528. The van der Waals surface area contributed by atoms with E-state index in [1.807, 2.05) is 0 Å². The van der Waals surface area contributed by atoms with Crippen LogP contribution in [0.1, 0.15) is 26.3 Å². The largest absolute Gasteiger partial charge is 0.352 e. The third-order valence-electron chi connectivity index (χ3n) is 4.86. The molecule has 4 N–H and O–H groups in total. The Kier molecular flexibility index (Phi) is 6.00. The Hall–Kier alpha value is -3.21. The van der Waals surface area contributed by atoms with E-state index in [0.29, 0.717) is 29.1 Å². The highest BCUT2D eigenvalue weighted by Crippen LogP contribution is 2.40. The lowest BCUT2D eigenvalue weighted by molar-refractivity contribution is 0.0952. The van der Waals surface area contributed by atoms with Gasteiger partial charge in [0.15, 0.2) is 0 Å². The van der Waals surface area contributed by atoms with Crippen LogP contribution in [0.3, 0.4) is 0 Å². The summed E-state index contributed by atoms with van der Waals surface area (Å²) in [6.07, 6.45) is 0.489. The van der Waals surface area contributed by atoms with Crippen molar-refractivity contribution in [3.8, 4) is 0 Å². The molecule has 1 aliphatic rings. The first-order valence-electron chi connectivity index (χ1n) is 9.54. The summed E-state index contributed by atoms with van der Waals surface area (Å²) in [5.74, 6) is -1.25. The first-order valence-corrected chi connectivity index (χ1v) is 11.9. The molecule has 0 unspecified atom stereocenters. The second-order valence-corrected chi connectivity index (χ2v) is 9.69. The fourth-order valence-corrected chi connectivity index (χ4v) is 4.74. The number of rotatable bonds is 5. The van der Waals surface area contributed by atoms with E-state index in [1.165, 1.54) is 24.3 Å². The Balaban J connectivity index is 1.43. The number of benzene rings is 3. The molecule has 32 heavy (non-hydrogen) atoms. The van der Waals surface area contributed by atoms with Crippen LogP contribution in [0, 0.1) is 5.82 Å². The number of hydrogen-bond donors (Lipinski definition) is 3. The molecule has 1 aliphatic heterocycles. The predicted molar refractivity (Wildman–Crippen MR) is 119 cm³/mol. The monoisotopic (exact) mass is 471 g/mol. The highest BCUT2D eigenvalue weighted by molar-refractivity contribution is 7.99. The standard InChI is InChI=1S/C22H18FN3O4S2/c23-17-3-1-2-16-20(17)31-19-9-6-14(12-18(19)26-22(16)28)21(27)25-11-10-13-4-7-15(8-5-13)32(24,29)30/h1-9,12H,10-11H2,(H,25,27)(H,26,28)(H2,24,29,30). The molecule has 4 rings (SSSR count). The molecule has 3 aromatic carbocycles. The highest BCUT2D eigenvalue weighted by Gasteiger charge is 2.23. The summed E-state index contributed by atoms with van der Waals surface area (Å²) in [4.78, 5) is 25.9. The molecule has 164 valence electrons. The van der Waals surface area contributed by atoms with Crippen molar-refractivity contribution in [1.29, 1.82) is 0 Å². The number of halogens is 1. The lowest BCUT2D eigenvalue weighted by Gasteiger charge is -2.10. The topological polar surface area (TPSA) is 118 Å². The molecule has 10 heteroatoms. The average Bonchev–Trinajstić information content (AvgIpc) is 2.89. The van der Waals surface area contributed by atoms with E-state index in [4.69, 9.17) is 5.14 Å². The predicted octanol–water partition coefficient (Wildman–Crippen LogP) is 3.16. The summed E-state index contributed by atoms with van der Waals surface area (Å²) in [6, 6.07) is 15.3. The Labute approximate surface area is 188 Å². The van der Waals surface area contributed by atoms with Crippen LogP contribution < -0.4 is 15.8 Å². The van der Waals surface area contributed by atoms with E-state index in [2.05, 4.69) is 10.6 Å². The van der Waals surface area contributed by atoms with E-state index in [1.54, 1.807) is 36.4 Å². The number of hydrogen-bond acceptors (Lipinski definition) is 5. The summed E-state index contributed by atoms with van der Waals surface area (Å²) < 4.78 is 36.8. The normalized spacial score (nSPS) is 12.9. The summed E-state index contributed by atoms with van der Waals surface area (Å²) >= 11 is 1.13. The summed E-state index contributed by atoms with van der Waals surface area (Å²) in [7, 11) is -3.75. The van der Waals surface area contributed by atoms with Gasteiger partial charge >= 0.3 is 0 Å². The number of carbonyl (C=O) groups excluding carboxylic acids is 2. The van der Waals surface area contributed by atoms with Gasteiger partial charge in [0.05, 0.1) is 21.0 Å². The van der Waals surface area contributed by atoms with Gasteiger partial charge in [-0.2, -0.15) is 0 Å². The number of fused-ring (bicyclic) bond motifs is 2. The summed E-state index contributed by atoms with van der Waals surface area (Å²) in [6.45, 7) is 0.322. The summed E-state index contributed by atoms with van der Waals surface area (Å²) in [5, 5.41) is 10.6. The zero-order valence-corrected chi connectivity index (χ0v) is 18.2. The minimum Gasteiger partial charge on any atom is -0.352 e. The number of nitrogens with one attached hydrogen (secondary N) is 2. The molecule has 0 saturated carbocycles.